The molecule has 0 aliphatic carbocycles. The van der Waals surface area contributed by atoms with Crippen molar-refractivity contribution in [2.24, 2.45) is 0 Å². The van der Waals surface area contributed by atoms with Gasteiger partial charge in [0.05, 0.1) is 12.1 Å². The van der Waals surface area contributed by atoms with Crippen LogP contribution in [0.4, 0.5) is 5.82 Å². The Labute approximate surface area is 121 Å². The van der Waals surface area contributed by atoms with Crippen LogP contribution in [0.25, 0.3) is 0 Å². The first-order valence-electron chi connectivity index (χ1n) is 7.01. The number of pyridine rings is 1. The minimum Gasteiger partial charge on any atom is -0.491 e. The SMILES string of the molecule is Cc1cccc(NC(C)c2cccc(OC(C)C)c2)n1. The molecule has 1 aromatic carbocycles. The third-order valence-electron chi connectivity index (χ3n) is 2.98. The number of hydrogen-bond acceptors (Lipinski definition) is 3. The molecule has 0 spiro atoms. The molecule has 3 heteroatoms. The molecule has 1 atom stereocenters. The van der Waals surface area contributed by atoms with Gasteiger partial charge >= 0.3 is 0 Å². The second kappa shape index (κ2) is 6.42. The molecule has 106 valence electrons. The smallest absolute Gasteiger partial charge is 0.126 e. The first-order chi connectivity index (χ1) is 9.54. The van der Waals surface area contributed by atoms with E-state index in [0.717, 1.165) is 17.3 Å². The van der Waals surface area contributed by atoms with Crippen LogP contribution in [-0.2, 0) is 0 Å². The summed E-state index contributed by atoms with van der Waals surface area (Å²) in [7, 11) is 0. The van der Waals surface area contributed by atoms with Gasteiger partial charge in [-0.05, 0) is 57.5 Å². The van der Waals surface area contributed by atoms with Crippen LogP contribution in [0.15, 0.2) is 42.5 Å². The predicted molar refractivity (Wildman–Crippen MR) is 83.2 cm³/mol. The molecule has 2 aromatic rings. The zero-order valence-electron chi connectivity index (χ0n) is 12.6. The normalized spacial score (nSPS) is 12.2. The Morgan fingerprint density at radius 3 is 2.50 bits per heavy atom. The number of hydrogen-bond donors (Lipinski definition) is 1. The maximum Gasteiger partial charge on any atom is 0.126 e. The lowest BCUT2D eigenvalue weighted by Gasteiger charge is -2.17. The summed E-state index contributed by atoms with van der Waals surface area (Å²) in [4.78, 5) is 4.47. The molecular formula is C17H22N2O. The molecule has 0 saturated heterocycles. The first kappa shape index (κ1) is 14.4. The van der Waals surface area contributed by atoms with Crippen LogP contribution in [0.2, 0.25) is 0 Å². The maximum absolute atomic E-state index is 5.73. The molecule has 0 amide bonds. The van der Waals surface area contributed by atoms with Crippen molar-refractivity contribution in [2.45, 2.75) is 39.8 Å². The molecule has 3 nitrogen and oxygen atoms in total. The van der Waals surface area contributed by atoms with Crippen molar-refractivity contribution in [3.05, 3.63) is 53.7 Å². The third kappa shape index (κ3) is 3.98. The Balaban J connectivity index is 2.10. The van der Waals surface area contributed by atoms with Crippen molar-refractivity contribution in [1.29, 1.82) is 0 Å². The highest BCUT2D eigenvalue weighted by molar-refractivity contribution is 5.40. The van der Waals surface area contributed by atoms with E-state index in [9.17, 15) is 0 Å². The van der Waals surface area contributed by atoms with Gasteiger partial charge in [-0.1, -0.05) is 18.2 Å². The van der Waals surface area contributed by atoms with Crippen LogP contribution in [0, 0.1) is 6.92 Å². The summed E-state index contributed by atoms with van der Waals surface area (Å²) in [5.74, 6) is 1.80. The fourth-order valence-electron chi connectivity index (χ4n) is 2.06. The van der Waals surface area contributed by atoms with E-state index in [2.05, 4.69) is 29.4 Å². The Kier molecular flexibility index (Phi) is 4.61. The van der Waals surface area contributed by atoms with Gasteiger partial charge in [-0.3, -0.25) is 0 Å². The molecular weight excluding hydrogens is 248 g/mol. The van der Waals surface area contributed by atoms with E-state index in [1.807, 2.05) is 51.1 Å². The Bertz CT molecular complexity index is 566. The van der Waals surface area contributed by atoms with Crippen LogP contribution in [0.3, 0.4) is 0 Å². The van der Waals surface area contributed by atoms with Crippen molar-refractivity contribution < 1.29 is 4.74 Å². The van der Waals surface area contributed by atoms with Gasteiger partial charge in [0.25, 0.3) is 0 Å². The summed E-state index contributed by atoms with van der Waals surface area (Å²) in [5, 5.41) is 3.41. The largest absolute Gasteiger partial charge is 0.491 e. The van der Waals surface area contributed by atoms with Crippen LogP contribution >= 0.6 is 0 Å². The first-order valence-corrected chi connectivity index (χ1v) is 7.01. The van der Waals surface area contributed by atoms with Crippen molar-refractivity contribution in [1.82, 2.24) is 4.98 Å². The Morgan fingerprint density at radius 1 is 1.05 bits per heavy atom. The highest BCUT2D eigenvalue weighted by Crippen LogP contribution is 2.22. The number of nitrogens with one attached hydrogen (secondary N) is 1. The number of ether oxygens (including phenoxy) is 1. The average molecular weight is 270 g/mol. The molecule has 0 aliphatic rings. The lowest BCUT2D eigenvalue weighted by Crippen LogP contribution is -2.09. The molecule has 1 aromatic heterocycles. The number of anilines is 1. The van der Waals surface area contributed by atoms with Gasteiger partial charge in [0, 0.05) is 5.69 Å². The van der Waals surface area contributed by atoms with E-state index < -0.39 is 0 Å². The zero-order valence-corrected chi connectivity index (χ0v) is 12.6. The quantitative estimate of drug-likeness (QED) is 0.877. The highest BCUT2D eigenvalue weighted by atomic mass is 16.5. The predicted octanol–water partition coefficient (Wildman–Crippen LogP) is 4.35. The van der Waals surface area contributed by atoms with Crippen LogP contribution in [-0.4, -0.2) is 11.1 Å². The summed E-state index contributed by atoms with van der Waals surface area (Å²) in [6, 6.07) is 14.4. The topological polar surface area (TPSA) is 34.1 Å². The molecule has 20 heavy (non-hydrogen) atoms. The Morgan fingerprint density at radius 2 is 1.80 bits per heavy atom. The van der Waals surface area contributed by atoms with Gasteiger partial charge in [0.15, 0.2) is 0 Å². The Hall–Kier alpha value is -2.03. The number of aromatic nitrogens is 1. The van der Waals surface area contributed by atoms with Crippen molar-refractivity contribution in [3.8, 4) is 5.75 Å². The number of aryl methyl sites for hydroxylation is 1. The van der Waals surface area contributed by atoms with Crippen molar-refractivity contribution in [2.75, 3.05) is 5.32 Å². The molecule has 2 rings (SSSR count). The number of rotatable bonds is 5. The van der Waals surface area contributed by atoms with E-state index in [1.54, 1.807) is 0 Å². The van der Waals surface area contributed by atoms with E-state index in [1.165, 1.54) is 5.56 Å². The van der Waals surface area contributed by atoms with Gasteiger partial charge in [0.1, 0.15) is 11.6 Å². The van der Waals surface area contributed by atoms with Gasteiger partial charge in [-0.25, -0.2) is 4.98 Å². The lowest BCUT2D eigenvalue weighted by molar-refractivity contribution is 0.242. The van der Waals surface area contributed by atoms with E-state index in [4.69, 9.17) is 4.74 Å². The maximum atomic E-state index is 5.73. The monoisotopic (exact) mass is 270 g/mol. The lowest BCUT2D eigenvalue weighted by atomic mass is 10.1. The fraction of sp³-hybridized carbons (Fsp3) is 0.353. The van der Waals surface area contributed by atoms with E-state index >= 15 is 0 Å². The molecule has 0 bridgehead atoms. The minimum atomic E-state index is 0.181. The summed E-state index contributed by atoms with van der Waals surface area (Å²) in [6.07, 6.45) is 0.187. The van der Waals surface area contributed by atoms with Gasteiger partial charge in [-0.15, -0.1) is 0 Å². The average Bonchev–Trinajstić information content (AvgIpc) is 2.38. The number of nitrogens with zero attached hydrogens (tertiary/aromatic N) is 1. The summed E-state index contributed by atoms with van der Waals surface area (Å²) in [6.45, 7) is 8.18. The van der Waals surface area contributed by atoms with Gasteiger partial charge < -0.3 is 10.1 Å². The molecule has 0 fully saturated rings. The summed E-state index contributed by atoms with van der Waals surface area (Å²) >= 11 is 0. The second-order valence-corrected chi connectivity index (χ2v) is 5.27. The summed E-state index contributed by atoms with van der Waals surface area (Å²) < 4.78 is 5.73. The fourth-order valence-corrected chi connectivity index (χ4v) is 2.06. The molecule has 1 unspecified atom stereocenters. The zero-order chi connectivity index (χ0) is 14.5. The van der Waals surface area contributed by atoms with Crippen molar-refractivity contribution >= 4 is 5.82 Å². The van der Waals surface area contributed by atoms with E-state index in [0.29, 0.717) is 0 Å². The number of benzene rings is 1. The minimum absolute atomic E-state index is 0.181. The molecule has 0 saturated carbocycles. The van der Waals surface area contributed by atoms with E-state index in [-0.39, 0.29) is 12.1 Å². The molecule has 1 heterocycles. The van der Waals surface area contributed by atoms with Gasteiger partial charge in [-0.2, -0.15) is 0 Å². The van der Waals surface area contributed by atoms with Crippen LogP contribution in [0.1, 0.15) is 38.1 Å². The summed E-state index contributed by atoms with van der Waals surface area (Å²) in [5.41, 5.74) is 2.20. The molecule has 0 aliphatic heterocycles. The van der Waals surface area contributed by atoms with Gasteiger partial charge in [0.2, 0.25) is 0 Å². The standard InChI is InChI=1S/C17H22N2O/c1-12(2)20-16-9-6-8-15(11-16)14(4)19-17-10-5-7-13(3)18-17/h5-12,14H,1-4H3,(H,18,19). The highest BCUT2D eigenvalue weighted by Gasteiger charge is 2.08. The third-order valence-corrected chi connectivity index (χ3v) is 2.98. The molecule has 0 radical (unpaired) electrons. The van der Waals surface area contributed by atoms with Crippen LogP contribution in [0.5, 0.6) is 5.75 Å². The van der Waals surface area contributed by atoms with Crippen LogP contribution < -0.4 is 10.1 Å². The van der Waals surface area contributed by atoms with Crippen molar-refractivity contribution in [3.63, 3.8) is 0 Å². The molecule has 1 N–H and O–H groups in total. The second-order valence-electron chi connectivity index (χ2n) is 5.27.